The van der Waals surface area contributed by atoms with Crippen molar-refractivity contribution in [3.8, 4) is 0 Å². The summed E-state index contributed by atoms with van der Waals surface area (Å²) >= 11 is 0. The Morgan fingerprint density at radius 3 is 2.74 bits per heavy atom. The average Bonchev–Trinajstić information content (AvgIpc) is 3.02. The molecule has 1 heterocycles. The molecule has 0 radical (unpaired) electrons. The van der Waals surface area contributed by atoms with Gasteiger partial charge in [0.15, 0.2) is 5.78 Å². The molecule has 4 heteroatoms. The minimum Gasteiger partial charge on any atom is -0.384 e. The topological polar surface area (TPSA) is 38.3 Å². The zero-order valence-corrected chi connectivity index (χ0v) is 13.1. The van der Waals surface area contributed by atoms with E-state index in [1.807, 2.05) is 18.2 Å². The van der Waals surface area contributed by atoms with E-state index in [1.165, 1.54) is 13.0 Å². The van der Waals surface area contributed by atoms with E-state index in [0.717, 1.165) is 12.0 Å². The van der Waals surface area contributed by atoms with Crippen LogP contribution in [-0.2, 0) is 4.74 Å². The van der Waals surface area contributed by atoms with Crippen LogP contribution in [0.3, 0.4) is 0 Å². The summed E-state index contributed by atoms with van der Waals surface area (Å²) in [5, 5.41) is 3.24. The summed E-state index contributed by atoms with van der Waals surface area (Å²) in [5.41, 5.74) is 1.83. The summed E-state index contributed by atoms with van der Waals surface area (Å²) in [6, 6.07) is 14.8. The van der Waals surface area contributed by atoms with E-state index in [9.17, 15) is 9.18 Å². The third-order valence-electron chi connectivity index (χ3n) is 4.26. The van der Waals surface area contributed by atoms with Crippen molar-refractivity contribution in [1.82, 2.24) is 0 Å². The van der Waals surface area contributed by atoms with Crippen LogP contribution >= 0.6 is 0 Å². The van der Waals surface area contributed by atoms with Crippen molar-refractivity contribution in [2.24, 2.45) is 5.92 Å². The van der Waals surface area contributed by atoms with Gasteiger partial charge in [-0.2, -0.15) is 0 Å². The predicted molar refractivity (Wildman–Crippen MR) is 88.1 cm³/mol. The summed E-state index contributed by atoms with van der Waals surface area (Å²) in [7, 11) is 0. The number of ether oxygens (including phenoxy) is 1. The first-order valence-electron chi connectivity index (χ1n) is 7.86. The lowest BCUT2D eigenvalue weighted by Crippen LogP contribution is -2.19. The van der Waals surface area contributed by atoms with Crippen molar-refractivity contribution in [2.45, 2.75) is 19.4 Å². The van der Waals surface area contributed by atoms with Crippen LogP contribution in [-0.4, -0.2) is 18.9 Å². The van der Waals surface area contributed by atoms with Gasteiger partial charge in [0.25, 0.3) is 0 Å². The molecule has 2 atom stereocenters. The van der Waals surface area contributed by atoms with Crippen molar-refractivity contribution in [3.05, 3.63) is 65.5 Å². The lowest BCUT2D eigenvalue weighted by atomic mass is 9.95. The van der Waals surface area contributed by atoms with E-state index in [1.54, 1.807) is 12.1 Å². The average molecular weight is 313 g/mol. The molecule has 2 aromatic carbocycles. The maximum Gasteiger partial charge on any atom is 0.164 e. The number of benzene rings is 2. The van der Waals surface area contributed by atoms with Crippen LogP contribution in [0.4, 0.5) is 10.1 Å². The summed E-state index contributed by atoms with van der Waals surface area (Å²) in [5.74, 6) is -0.460. The molecule has 1 fully saturated rings. The molecular formula is C19H20FNO2. The highest BCUT2D eigenvalue weighted by Gasteiger charge is 2.29. The van der Waals surface area contributed by atoms with Crippen LogP contribution in [0.1, 0.15) is 35.4 Å². The Bertz CT molecular complexity index is 687. The number of hydrogen-bond acceptors (Lipinski definition) is 3. The van der Waals surface area contributed by atoms with Crippen molar-refractivity contribution in [1.29, 1.82) is 0 Å². The van der Waals surface area contributed by atoms with E-state index in [2.05, 4.69) is 17.4 Å². The molecule has 0 aromatic heterocycles. The predicted octanol–water partition coefficient (Wildman–Crippen LogP) is 4.22. The van der Waals surface area contributed by atoms with Crippen LogP contribution in [0, 0.1) is 11.7 Å². The molecule has 120 valence electrons. The largest absolute Gasteiger partial charge is 0.384 e. The van der Waals surface area contributed by atoms with Gasteiger partial charge in [0.1, 0.15) is 5.82 Å². The Labute approximate surface area is 135 Å². The minimum absolute atomic E-state index is 0.0398. The molecule has 1 saturated heterocycles. The second-order valence-corrected chi connectivity index (χ2v) is 5.85. The second-order valence-electron chi connectivity index (χ2n) is 5.85. The molecule has 23 heavy (non-hydrogen) atoms. The van der Waals surface area contributed by atoms with Gasteiger partial charge in [0, 0.05) is 24.8 Å². The van der Waals surface area contributed by atoms with Gasteiger partial charge < -0.3 is 10.1 Å². The van der Waals surface area contributed by atoms with Gasteiger partial charge in [-0.1, -0.05) is 36.4 Å². The number of hydrogen-bond donors (Lipinski definition) is 1. The highest BCUT2D eigenvalue weighted by molar-refractivity contribution is 5.99. The molecular weight excluding hydrogens is 293 g/mol. The van der Waals surface area contributed by atoms with Crippen molar-refractivity contribution >= 4 is 11.5 Å². The highest BCUT2D eigenvalue weighted by Crippen LogP contribution is 2.34. The lowest BCUT2D eigenvalue weighted by Gasteiger charge is -2.20. The van der Waals surface area contributed by atoms with Gasteiger partial charge in [-0.15, -0.1) is 0 Å². The van der Waals surface area contributed by atoms with Crippen molar-refractivity contribution in [2.75, 3.05) is 18.5 Å². The number of Topliss-reactive ketones (excluding diaryl/α,β-unsaturated/α-hetero) is 1. The van der Waals surface area contributed by atoms with E-state index >= 15 is 0 Å². The van der Waals surface area contributed by atoms with Gasteiger partial charge in [0.05, 0.1) is 11.7 Å². The molecule has 3 nitrogen and oxygen atoms in total. The first-order valence-corrected chi connectivity index (χ1v) is 7.86. The SMILES string of the molecule is CC(=O)c1c(F)cccc1NCC1CCOC1c1ccccc1. The Kier molecular flexibility index (Phi) is 4.72. The number of rotatable bonds is 5. The first-order chi connectivity index (χ1) is 11.2. The Morgan fingerprint density at radius 1 is 1.22 bits per heavy atom. The quantitative estimate of drug-likeness (QED) is 0.840. The molecule has 1 N–H and O–H groups in total. The molecule has 0 amide bonds. The van der Waals surface area contributed by atoms with E-state index in [4.69, 9.17) is 4.74 Å². The number of halogens is 1. The van der Waals surface area contributed by atoms with Crippen molar-refractivity contribution < 1.29 is 13.9 Å². The minimum atomic E-state index is -0.482. The molecule has 0 bridgehead atoms. The summed E-state index contributed by atoms with van der Waals surface area (Å²) in [6.45, 7) is 2.74. The van der Waals surface area contributed by atoms with Crippen LogP contribution in [0.2, 0.25) is 0 Å². The molecule has 2 aromatic rings. The summed E-state index contributed by atoms with van der Waals surface area (Å²) in [4.78, 5) is 11.7. The molecule has 0 spiro atoms. The van der Waals surface area contributed by atoms with Gasteiger partial charge in [-0.3, -0.25) is 4.79 Å². The summed E-state index contributed by atoms with van der Waals surface area (Å²) in [6.07, 6.45) is 0.982. The molecule has 3 rings (SSSR count). The fourth-order valence-electron chi connectivity index (χ4n) is 3.12. The maximum absolute atomic E-state index is 13.9. The fourth-order valence-corrected chi connectivity index (χ4v) is 3.12. The normalized spacial score (nSPS) is 20.4. The number of carbonyl (C=O) groups is 1. The standard InChI is InChI=1S/C19H20FNO2/c1-13(22)18-16(20)8-5-9-17(18)21-12-15-10-11-23-19(15)14-6-3-2-4-7-14/h2-9,15,19,21H,10-12H2,1H3. The van der Waals surface area contributed by atoms with E-state index in [0.29, 0.717) is 24.8 Å². The van der Waals surface area contributed by atoms with Crippen LogP contribution in [0.5, 0.6) is 0 Å². The highest BCUT2D eigenvalue weighted by atomic mass is 19.1. The van der Waals surface area contributed by atoms with Crippen LogP contribution in [0.15, 0.2) is 48.5 Å². The maximum atomic E-state index is 13.9. The number of nitrogens with one attached hydrogen (secondary N) is 1. The van der Waals surface area contributed by atoms with Crippen LogP contribution < -0.4 is 5.32 Å². The Hall–Kier alpha value is -2.20. The number of ketones is 1. The number of anilines is 1. The molecule has 1 aliphatic rings. The van der Waals surface area contributed by atoms with Gasteiger partial charge >= 0.3 is 0 Å². The fraction of sp³-hybridized carbons (Fsp3) is 0.316. The van der Waals surface area contributed by atoms with E-state index < -0.39 is 5.82 Å². The smallest absolute Gasteiger partial charge is 0.164 e. The molecule has 2 unspecified atom stereocenters. The summed E-state index contributed by atoms with van der Waals surface area (Å²) < 4.78 is 19.7. The second kappa shape index (κ2) is 6.92. The monoisotopic (exact) mass is 313 g/mol. The van der Waals surface area contributed by atoms with Gasteiger partial charge in [-0.25, -0.2) is 4.39 Å². The lowest BCUT2D eigenvalue weighted by molar-refractivity contribution is 0.0933. The van der Waals surface area contributed by atoms with Crippen molar-refractivity contribution in [3.63, 3.8) is 0 Å². The zero-order chi connectivity index (χ0) is 16.2. The zero-order valence-electron chi connectivity index (χ0n) is 13.1. The number of carbonyl (C=O) groups excluding carboxylic acids is 1. The Morgan fingerprint density at radius 2 is 2.00 bits per heavy atom. The third-order valence-corrected chi connectivity index (χ3v) is 4.26. The first kappa shape index (κ1) is 15.7. The Balaban J connectivity index is 1.73. The van der Waals surface area contributed by atoms with Gasteiger partial charge in [-0.05, 0) is 31.0 Å². The molecule has 0 saturated carbocycles. The third kappa shape index (κ3) is 3.42. The van der Waals surface area contributed by atoms with E-state index in [-0.39, 0.29) is 17.5 Å². The van der Waals surface area contributed by atoms with Gasteiger partial charge in [0.2, 0.25) is 0 Å². The van der Waals surface area contributed by atoms with Crippen LogP contribution in [0.25, 0.3) is 0 Å². The molecule has 0 aliphatic carbocycles. The molecule has 1 aliphatic heterocycles.